The van der Waals surface area contributed by atoms with Gasteiger partial charge in [-0.3, -0.25) is 0 Å². The van der Waals surface area contributed by atoms with Gasteiger partial charge in [0.15, 0.2) is 3.95 Å². The van der Waals surface area contributed by atoms with Gasteiger partial charge in [0.2, 0.25) is 0 Å². The van der Waals surface area contributed by atoms with E-state index >= 15 is 0 Å². The summed E-state index contributed by atoms with van der Waals surface area (Å²) < 4.78 is 5.83. The fourth-order valence-electron chi connectivity index (χ4n) is 1.33. The number of nitrogens with two attached hydrogens (primary N) is 1. The van der Waals surface area contributed by atoms with E-state index in [2.05, 4.69) is 4.98 Å². The van der Waals surface area contributed by atoms with Gasteiger partial charge in [-0.25, -0.2) is 0 Å². The average Bonchev–Trinajstić information content (AvgIpc) is 2.58. The van der Waals surface area contributed by atoms with Crippen LogP contribution in [0.25, 0.3) is 11.3 Å². The monoisotopic (exact) mass is 238 g/mol. The molecule has 0 bridgehead atoms. The molecule has 78 valence electrons. The number of rotatable bonds is 2. The molecule has 1 heterocycles. The van der Waals surface area contributed by atoms with Crippen LogP contribution < -0.4 is 10.5 Å². The summed E-state index contributed by atoms with van der Waals surface area (Å²) in [6, 6.07) is 7.69. The highest BCUT2D eigenvalue weighted by Gasteiger charge is 2.06. The van der Waals surface area contributed by atoms with E-state index in [4.69, 9.17) is 22.7 Å². The lowest BCUT2D eigenvalue weighted by molar-refractivity contribution is 0.415. The molecule has 0 unspecified atom stereocenters. The summed E-state index contributed by atoms with van der Waals surface area (Å²) in [5, 5.41) is 0.702. The summed E-state index contributed by atoms with van der Waals surface area (Å²) in [5.41, 5.74) is 7.69. The zero-order valence-corrected chi connectivity index (χ0v) is 9.74. The lowest BCUT2D eigenvalue weighted by Gasteiger charge is -2.02. The molecule has 0 aliphatic rings. The predicted octanol–water partition coefficient (Wildman–Crippen LogP) is 3.06. The van der Waals surface area contributed by atoms with E-state index in [0.717, 1.165) is 17.0 Å². The molecule has 0 amide bonds. The van der Waals surface area contributed by atoms with Crippen molar-refractivity contribution in [3.05, 3.63) is 28.2 Å². The van der Waals surface area contributed by atoms with Crippen molar-refractivity contribution < 1.29 is 4.74 Å². The zero-order chi connectivity index (χ0) is 10.8. The molecule has 0 spiro atoms. The first-order valence-electron chi connectivity index (χ1n) is 4.33. The Kier molecular flexibility index (Phi) is 2.75. The van der Waals surface area contributed by atoms with Crippen molar-refractivity contribution in [1.82, 2.24) is 4.98 Å². The molecular formula is C10H10N2OS2. The molecule has 0 aliphatic heterocycles. The summed E-state index contributed by atoms with van der Waals surface area (Å²) in [6.45, 7) is 0. The molecule has 5 heteroatoms. The first-order valence-corrected chi connectivity index (χ1v) is 5.56. The number of anilines is 1. The van der Waals surface area contributed by atoms with Gasteiger partial charge < -0.3 is 15.5 Å². The maximum atomic E-state index is 5.84. The van der Waals surface area contributed by atoms with E-state index in [0.29, 0.717) is 8.96 Å². The highest BCUT2D eigenvalue weighted by Crippen LogP contribution is 2.30. The van der Waals surface area contributed by atoms with Crippen LogP contribution in [-0.2, 0) is 0 Å². The van der Waals surface area contributed by atoms with Gasteiger partial charge in [-0.1, -0.05) is 23.5 Å². The molecule has 0 fully saturated rings. The summed E-state index contributed by atoms with van der Waals surface area (Å²) in [5.74, 6) is 0.803. The topological polar surface area (TPSA) is 51.0 Å². The van der Waals surface area contributed by atoms with E-state index in [9.17, 15) is 0 Å². The lowest BCUT2D eigenvalue weighted by Crippen LogP contribution is -1.87. The van der Waals surface area contributed by atoms with Crippen LogP contribution in [0.15, 0.2) is 24.3 Å². The Morgan fingerprint density at radius 2 is 2.27 bits per heavy atom. The second-order valence-corrected chi connectivity index (χ2v) is 4.70. The number of nitrogen functional groups attached to an aromatic ring is 1. The Balaban J connectivity index is 2.53. The lowest BCUT2D eigenvalue weighted by atomic mass is 10.1. The smallest absolute Gasteiger partial charge is 0.160 e. The highest BCUT2D eigenvalue weighted by atomic mass is 32.1. The summed E-state index contributed by atoms with van der Waals surface area (Å²) in [4.78, 5) is 3.06. The summed E-state index contributed by atoms with van der Waals surface area (Å²) in [6.07, 6.45) is 0. The highest BCUT2D eigenvalue weighted by molar-refractivity contribution is 7.73. The van der Waals surface area contributed by atoms with Gasteiger partial charge in [0.25, 0.3) is 0 Å². The molecule has 3 nitrogen and oxygen atoms in total. The minimum absolute atomic E-state index is 0.685. The molecule has 1 aromatic heterocycles. The molecule has 1 aromatic carbocycles. The van der Waals surface area contributed by atoms with E-state index in [1.54, 1.807) is 7.11 Å². The van der Waals surface area contributed by atoms with E-state index < -0.39 is 0 Å². The third kappa shape index (κ3) is 2.03. The Bertz CT molecular complexity index is 530. The average molecular weight is 238 g/mol. The van der Waals surface area contributed by atoms with Gasteiger partial charge in [0.1, 0.15) is 10.8 Å². The fraction of sp³-hybridized carbons (Fsp3) is 0.100. The molecule has 0 aliphatic carbocycles. The van der Waals surface area contributed by atoms with Crippen molar-refractivity contribution in [2.24, 2.45) is 0 Å². The first-order chi connectivity index (χ1) is 7.20. The van der Waals surface area contributed by atoms with Crippen LogP contribution in [0.5, 0.6) is 5.75 Å². The molecule has 0 saturated carbocycles. The number of H-pyrrole nitrogens is 1. The SMILES string of the molecule is COc1cccc(-c2[nH]c(=S)sc2N)c1. The number of benzene rings is 1. The minimum atomic E-state index is 0.685. The largest absolute Gasteiger partial charge is 0.497 e. The first kappa shape index (κ1) is 10.2. The van der Waals surface area contributed by atoms with Crippen LogP contribution in [0.1, 0.15) is 0 Å². The number of ether oxygens (including phenoxy) is 1. The van der Waals surface area contributed by atoms with Crippen molar-refractivity contribution in [3.63, 3.8) is 0 Å². The molecular weight excluding hydrogens is 228 g/mol. The number of nitrogens with one attached hydrogen (secondary N) is 1. The van der Waals surface area contributed by atoms with E-state index in [1.165, 1.54) is 11.3 Å². The molecule has 0 atom stereocenters. The van der Waals surface area contributed by atoms with E-state index in [-0.39, 0.29) is 0 Å². The van der Waals surface area contributed by atoms with Crippen molar-refractivity contribution in [2.75, 3.05) is 12.8 Å². The summed E-state index contributed by atoms with van der Waals surface area (Å²) >= 11 is 6.41. The normalized spacial score (nSPS) is 10.2. The number of aromatic nitrogens is 1. The fourth-order valence-corrected chi connectivity index (χ4v) is 2.33. The minimum Gasteiger partial charge on any atom is -0.497 e. The number of hydrogen-bond acceptors (Lipinski definition) is 4. The van der Waals surface area contributed by atoms with Crippen LogP contribution in [0.3, 0.4) is 0 Å². The van der Waals surface area contributed by atoms with Gasteiger partial charge in [-0.15, -0.1) is 0 Å². The third-order valence-electron chi connectivity index (χ3n) is 2.03. The van der Waals surface area contributed by atoms with Gasteiger partial charge in [0.05, 0.1) is 12.8 Å². The predicted molar refractivity (Wildman–Crippen MR) is 65.9 cm³/mol. The molecule has 15 heavy (non-hydrogen) atoms. The summed E-state index contributed by atoms with van der Waals surface area (Å²) in [7, 11) is 1.64. The van der Waals surface area contributed by atoms with Crippen molar-refractivity contribution in [2.45, 2.75) is 0 Å². The van der Waals surface area contributed by atoms with Gasteiger partial charge in [0, 0.05) is 5.56 Å². The van der Waals surface area contributed by atoms with Crippen LogP contribution >= 0.6 is 23.6 Å². The zero-order valence-electron chi connectivity index (χ0n) is 8.11. The van der Waals surface area contributed by atoms with Crippen molar-refractivity contribution in [3.8, 4) is 17.0 Å². The number of hydrogen-bond donors (Lipinski definition) is 2. The Hall–Kier alpha value is -1.33. The van der Waals surface area contributed by atoms with Gasteiger partial charge >= 0.3 is 0 Å². The quantitative estimate of drug-likeness (QED) is 0.791. The molecule has 0 radical (unpaired) electrons. The number of methoxy groups -OCH3 is 1. The molecule has 2 aromatic rings. The molecule has 0 saturated heterocycles. The van der Waals surface area contributed by atoms with Crippen LogP contribution in [0, 0.1) is 3.95 Å². The number of aromatic amines is 1. The van der Waals surface area contributed by atoms with Crippen LogP contribution in [0.2, 0.25) is 0 Å². The van der Waals surface area contributed by atoms with Crippen molar-refractivity contribution in [1.29, 1.82) is 0 Å². The number of thiazole rings is 1. The second kappa shape index (κ2) is 4.04. The Labute approximate surface area is 96.5 Å². The van der Waals surface area contributed by atoms with Gasteiger partial charge in [-0.2, -0.15) is 0 Å². The van der Waals surface area contributed by atoms with E-state index in [1.807, 2.05) is 24.3 Å². The Morgan fingerprint density at radius 3 is 2.87 bits per heavy atom. The molecule has 2 rings (SSSR count). The maximum Gasteiger partial charge on any atom is 0.160 e. The second-order valence-electron chi connectivity index (χ2n) is 2.99. The molecule has 3 N–H and O–H groups in total. The third-order valence-corrected chi connectivity index (χ3v) is 3.10. The van der Waals surface area contributed by atoms with Crippen molar-refractivity contribution >= 4 is 28.6 Å². The maximum absolute atomic E-state index is 5.84. The van der Waals surface area contributed by atoms with Gasteiger partial charge in [-0.05, 0) is 24.4 Å². The van der Waals surface area contributed by atoms with Crippen LogP contribution in [0.4, 0.5) is 5.00 Å². The standard InChI is InChI=1S/C10H10N2OS2/c1-13-7-4-2-3-6(5-7)8-9(11)15-10(14)12-8/h2-5H,11H2,1H3,(H,12,14). The Morgan fingerprint density at radius 1 is 1.47 bits per heavy atom. The van der Waals surface area contributed by atoms with Crippen LogP contribution in [-0.4, -0.2) is 12.1 Å².